The second kappa shape index (κ2) is 9.49. The topological polar surface area (TPSA) is 55.8 Å². The Morgan fingerprint density at radius 1 is 1.10 bits per heavy atom. The summed E-state index contributed by atoms with van der Waals surface area (Å²) in [7, 11) is -3.38. The van der Waals surface area contributed by atoms with Crippen LogP contribution in [0.5, 0.6) is 0 Å². The summed E-state index contributed by atoms with van der Waals surface area (Å²) < 4.78 is 11.5. The predicted molar refractivity (Wildman–Crippen MR) is 87.8 cm³/mol. The lowest BCUT2D eigenvalue weighted by Gasteiger charge is -2.34. The average Bonchev–Trinajstić information content (AvgIpc) is 2.31. The first-order valence-electron chi connectivity index (χ1n) is 7.33. The van der Waals surface area contributed by atoms with Crippen molar-refractivity contribution in [1.29, 1.82) is 0 Å². The molecule has 1 N–H and O–H groups in total. The van der Waals surface area contributed by atoms with Crippen LogP contribution in [0.2, 0.25) is 38.3 Å². The Hall–Kier alpha value is -0.436. The number of aliphatic hydroxyl groups is 1. The lowest BCUT2D eigenvalue weighted by molar-refractivity contribution is -0.137. The van der Waals surface area contributed by atoms with Crippen molar-refractivity contribution >= 4 is 22.6 Å². The minimum Gasteiger partial charge on any atom is -0.463 e. The first kappa shape index (κ1) is 19.6. The summed E-state index contributed by atoms with van der Waals surface area (Å²) in [6.07, 6.45) is 4.79. The number of aliphatic hydroxyl groups excluding tert-OH is 1. The molecule has 118 valence electrons. The highest BCUT2D eigenvalue weighted by Gasteiger charge is 2.32. The maximum absolute atomic E-state index is 11.2. The summed E-state index contributed by atoms with van der Waals surface area (Å²) in [4.78, 5) is 11.2. The molecule has 0 bridgehead atoms. The molecule has 0 radical (unpaired) electrons. The summed E-state index contributed by atoms with van der Waals surface area (Å²) in [6.45, 7) is 11.4. The average molecular weight is 319 g/mol. The van der Waals surface area contributed by atoms with Crippen LogP contribution in [0.1, 0.15) is 19.8 Å². The van der Waals surface area contributed by atoms with Crippen LogP contribution < -0.4 is 0 Å². The van der Waals surface area contributed by atoms with Crippen LogP contribution in [0.4, 0.5) is 0 Å². The maximum Gasteiger partial charge on any atom is 0.330 e. The van der Waals surface area contributed by atoms with Crippen molar-refractivity contribution in [3.05, 3.63) is 12.2 Å². The van der Waals surface area contributed by atoms with Gasteiger partial charge in [-0.25, -0.2) is 4.79 Å². The predicted octanol–water partition coefficient (Wildman–Crippen LogP) is 3.31. The molecule has 0 spiro atoms. The van der Waals surface area contributed by atoms with Crippen LogP contribution in [0.15, 0.2) is 12.2 Å². The van der Waals surface area contributed by atoms with Gasteiger partial charge in [0.25, 0.3) is 0 Å². The largest absolute Gasteiger partial charge is 0.463 e. The van der Waals surface area contributed by atoms with Crippen molar-refractivity contribution in [2.45, 2.75) is 58.0 Å². The molecule has 0 saturated heterocycles. The van der Waals surface area contributed by atoms with Gasteiger partial charge < -0.3 is 14.0 Å². The van der Waals surface area contributed by atoms with Crippen LogP contribution in [-0.2, 0) is 13.6 Å². The molecule has 20 heavy (non-hydrogen) atoms. The summed E-state index contributed by atoms with van der Waals surface area (Å²) in [5.41, 5.74) is 0. The number of ether oxygens (including phenoxy) is 1. The molecule has 0 saturated carbocycles. The molecule has 0 aromatic rings. The molecule has 0 aliphatic carbocycles. The Morgan fingerprint density at radius 2 is 1.65 bits per heavy atom. The summed E-state index contributed by atoms with van der Waals surface area (Å²) in [6, 6.07) is 1.99. The van der Waals surface area contributed by atoms with Crippen molar-refractivity contribution in [3.63, 3.8) is 0 Å². The van der Waals surface area contributed by atoms with E-state index in [2.05, 4.69) is 26.2 Å². The second-order valence-electron chi connectivity index (χ2n) is 6.22. The van der Waals surface area contributed by atoms with Gasteiger partial charge in [-0.05, 0) is 58.0 Å². The Labute approximate surface area is 125 Å². The molecule has 0 amide bonds. The molecule has 0 aromatic heterocycles. The highest BCUT2D eigenvalue weighted by molar-refractivity contribution is 6.84. The zero-order valence-corrected chi connectivity index (χ0v) is 15.6. The summed E-state index contributed by atoms with van der Waals surface area (Å²) in [5.74, 6) is -0.273. The minimum absolute atomic E-state index is 0.239. The van der Waals surface area contributed by atoms with E-state index in [1.165, 1.54) is 6.08 Å². The SMILES string of the molecule is CC=CC(=O)OCCC[Si](C)(C)O[Si](C)(C)CCCO. The van der Waals surface area contributed by atoms with E-state index >= 15 is 0 Å². The lowest BCUT2D eigenvalue weighted by atomic mass is 10.5. The molecule has 4 nitrogen and oxygen atoms in total. The van der Waals surface area contributed by atoms with E-state index < -0.39 is 16.6 Å². The smallest absolute Gasteiger partial charge is 0.330 e. The summed E-state index contributed by atoms with van der Waals surface area (Å²) >= 11 is 0. The van der Waals surface area contributed by atoms with Gasteiger partial charge in [0.05, 0.1) is 6.61 Å². The molecule has 0 atom stereocenters. The van der Waals surface area contributed by atoms with Crippen LogP contribution in [0, 0.1) is 0 Å². The number of esters is 1. The van der Waals surface area contributed by atoms with Crippen LogP contribution in [-0.4, -0.2) is 40.9 Å². The highest BCUT2D eigenvalue weighted by Crippen LogP contribution is 2.23. The number of hydrogen-bond acceptors (Lipinski definition) is 4. The Bertz CT molecular complexity index is 314. The summed E-state index contributed by atoms with van der Waals surface area (Å²) in [5, 5.41) is 8.92. The van der Waals surface area contributed by atoms with E-state index in [1.54, 1.807) is 13.0 Å². The van der Waals surface area contributed by atoms with Crippen molar-refractivity contribution in [2.75, 3.05) is 13.2 Å². The van der Waals surface area contributed by atoms with Gasteiger partial charge in [0.15, 0.2) is 16.6 Å². The molecule has 0 aromatic carbocycles. The zero-order chi connectivity index (χ0) is 15.6. The number of allylic oxidation sites excluding steroid dienone is 1. The number of carbonyl (C=O) groups excluding carboxylic acids is 1. The van der Waals surface area contributed by atoms with Crippen molar-refractivity contribution in [1.82, 2.24) is 0 Å². The second-order valence-corrected chi connectivity index (χ2v) is 15.1. The minimum atomic E-state index is -1.71. The normalized spacial score (nSPS) is 12.9. The van der Waals surface area contributed by atoms with Gasteiger partial charge >= 0.3 is 5.97 Å². The molecule has 0 fully saturated rings. The van der Waals surface area contributed by atoms with Gasteiger partial charge in [0, 0.05) is 12.7 Å². The van der Waals surface area contributed by atoms with E-state index in [1.807, 2.05) is 0 Å². The van der Waals surface area contributed by atoms with Crippen molar-refractivity contribution < 1.29 is 18.8 Å². The molecule has 6 heteroatoms. The van der Waals surface area contributed by atoms with Crippen LogP contribution in [0.3, 0.4) is 0 Å². The molecular formula is C14H30O4Si2. The number of hydrogen-bond donors (Lipinski definition) is 1. The molecule has 0 aliphatic rings. The van der Waals surface area contributed by atoms with Gasteiger partial charge in [-0.1, -0.05) is 6.08 Å². The fourth-order valence-electron chi connectivity index (χ4n) is 2.21. The third-order valence-electron chi connectivity index (χ3n) is 2.96. The van der Waals surface area contributed by atoms with Gasteiger partial charge in [0.1, 0.15) is 0 Å². The third kappa shape index (κ3) is 10.4. The fourth-order valence-corrected chi connectivity index (χ4v) is 11.0. The Balaban J connectivity index is 4.03. The van der Waals surface area contributed by atoms with E-state index in [4.69, 9.17) is 14.0 Å². The van der Waals surface area contributed by atoms with Crippen LogP contribution in [0.25, 0.3) is 0 Å². The van der Waals surface area contributed by atoms with Gasteiger partial charge in [0.2, 0.25) is 0 Å². The first-order chi connectivity index (χ1) is 9.22. The third-order valence-corrected chi connectivity index (χ3v) is 10.5. The standard InChI is InChI=1S/C14H30O4Si2/c1-6-9-14(16)17-11-8-13-20(4,5)18-19(2,3)12-7-10-15/h6,9,15H,7-8,10-13H2,1-5H3. The van der Waals surface area contributed by atoms with Gasteiger partial charge in [-0.3, -0.25) is 0 Å². The van der Waals surface area contributed by atoms with E-state index in [0.717, 1.165) is 24.9 Å². The first-order valence-corrected chi connectivity index (χ1v) is 13.6. The molecule has 0 unspecified atom stereocenters. The van der Waals surface area contributed by atoms with E-state index in [0.29, 0.717) is 6.61 Å². The molecule has 0 heterocycles. The molecule has 0 aliphatic heterocycles. The fraction of sp³-hybridized carbons (Fsp3) is 0.786. The van der Waals surface area contributed by atoms with Crippen molar-refractivity contribution in [3.8, 4) is 0 Å². The maximum atomic E-state index is 11.2. The monoisotopic (exact) mass is 318 g/mol. The number of rotatable bonds is 10. The Morgan fingerprint density at radius 3 is 2.15 bits per heavy atom. The van der Waals surface area contributed by atoms with E-state index in [-0.39, 0.29) is 12.6 Å². The molecular weight excluding hydrogens is 288 g/mol. The Kier molecular flexibility index (Phi) is 9.28. The van der Waals surface area contributed by atoms with Gasteiger partial charge in [-0.15, -0.1) is 0 Å². The van der Waals surface area contributed by atoms with E-state index in [9.17, 15) is 4.79 Å². The molecule has 0 rings (SSSR count). The van der Waals surface area contributed by atoms with Crippen LogP contribution >= 0.6 is 0 Å². The highest BCUT2D eigenvalue weighted by atomic mass is 28.4. The number of carbonyl (C=O) groups is 1. The van der Waals surface area contributed by atoms with Gasteiger partial charge in [-0.2, -0.15) is 0 Å². The lowest BCUT2D eigenvalue weighted by Crippen LogP contribution is -2.44. The zero-order valence-electron chi connectivity index (χ0n) is 13.6. The quantitative estimate of drug-likeness (QED) is 0.291. The van der Waals surface area contributed by atoms with Crippen molar-refractivity contribution in [2.24, 2.45) is 0 Å².